The number of benzene rings is 2. The van der Waals surface area contributed by atoms with Gasteiger partial charge in [-0.2, -0.15) is 0 Å². The van der Waals surface area contributed by atoms with Crippen LogP contribution >= 0.6 is 11.8 Å². The summed E-state index contributed by atoms with van der Waals surface area (Å²) in [6.45, 7) is 4.11. The van der Waals surface area contributed by atoms with Gasteiger partial charge in [0, 0.05) is 17.9 Å². The second kappa shape index (κ2) is 8.77. The lowest BCUT2D eigenvalue weighted by atomic mass is 10.2. The molecule has 0 radical (unpaired) electrons. The maximum Gasteiger partial charge on any atom is 0.191 e. The van der Waals surface area contributed by atoms with Crippen molar-refractivity contribution >= 4 is 11.8 Å². The third-order valence-electron chi connectivity index (χ3n) is 3.69. The van der Waals surface area contributed by atoms with Crippen molar-refractivity contribution in [3.05, 3.63) is 84.0 Å². The number of ether oxygens (including phenoxy) is 1. The van der Waals surface area contributed by atoms with E-state index in [4.69, 9.17) is 4.74 Å². The molecule has 3 rings (SSSR count). The Morgan fingerprint density at radius 3 is 2.59 bits per heavy atom. The van der Waals surface area contributed by atoms with Gasteiger partial charge in [0.05, 0.1) is 0 Å². The second-order valence-corrected chi connectivity index (χ2v) is 6.46. The topological polar surface area (TPSA) is 39.9 Å². The van der Waals surface area contributed by atoms with Crippen LogP contribution in [-0.2, 0) is 18.9 Å². The maximum absolute atomic E-state index is 13.8. The van der Waals surface area contributed by atoms with Gasteiger partial charge in [-0.25, -0.2) is 13.2 Å². The van der Waals surface area contributed by atoms with E-state index in [9.17, 15) is 13.2 Å². The summed E-state index contributed by atoms with van der Waals surface area (Å²) >= 11 is 1.21. The Hall–Kier alpha value is -2.74. The number of rotatable bonds is 8. The first-order valence-electron chi connectivity index (χ1n) is 8.06. The lowest BCUT2D eigenvalue weighted by molar-refractivity contribution is 0.275. The third kappa shape index (κ3) is 4.51. The van der Waals surface area contributed by atoms with Crippen LogP contribution in [0.15, 0.2) is 60.3 Å². The van der Waals surface area contributed by atoms with Gasteiger partial charge >= 0.3 is 0 Å². The molecular weight excluding hydrogens is 375 g/mol. The third-order valence-corrected chi connectivity index (χ3v) is 4.70. The minimum atomic E-state index is -0.889. The van der Waals surface area contributed by atoms with Crippen LogP contribution in [0.25, 0.3) is 0 Å². The lowest BCUT2D eigenvalue weighted by Gasteiger charge is -2.10. The minimum Gasteiger partial charge on any atom is -0.483 e. The molecule has 0 bridgehead atoms. The highest BCUT2D eigenvalue weighted by Gasteiger charge is 2.15. The number of thioether (sulfide) groups is 1. The summed E-state index contributed by atoms with van der Waals surface area (Å²) in [6, 6.07) is 10.1. The SMILES string of the molecule is C=CCn1c(COc2ccccc2F)nnc1SCc1cccc(F)c1F. The highest BCUT2D eigenvalue weighted by Crippen LogP contribution is 2.25. The zero-order valence-electron chi connectivity index (χ0n) is 14.2. The number of allylic oxidation sites excluding steroid dienone is 1. The van der Waals surface area contributed by atoms with Crippen LogP contribution < -0.4 is 4.74 Å². The fourth-order valence-electron chi connectivity index (χ4n) is 2.35. The van der Waals surface area contributed by atoms with Crippen molar-refractivity contribution < 1.29 is 17.9 Å². The van der Waals surface area contributed by atoms with Crippen molar-refractivity contribution in [3.8, 4) is 5.75 Å². The van der Waals surface area contributed by atoms with Crippen LogP contribution in [0.5, 0.6) is 5.75 Å². The molecule has 0 unspecified atom stereocenters. The van der Waals surface area contributed by atoms with Gasteiger partial charge in [-0.3, -0.25) is 4.57 Å². The number of hydrogen-bond acceptors (Lipinski definition) is 4. The second-order valence-electron chi connectivity index (χ2n) is 5.52. The van der Waals surface area contributed by atoms with Crippen LogP contribution in [0, 0.1) is 17.5 Å². The molecular formula is C19H16F3N3OS. The van der Waals surface area contributed by atoms with E-state index in [1.807, 2.05) is 0 Å². The Morgan fingerprint density at radius 1 is 1.04 bits per heavy atom. The highest BCUT2D eigenvalue weighted by atomic mass is 32.2. The highest BCUT2D eigenvalue weighted by molar-refractivity contribution is 7.98. The molecule has 3 aromatic rings. The fraction of sp³-hybridized carbons (Fsp3) is 0.158. The van der Waals surface area contributed by atoms with E-state index in [2.05, 4.69) is 16.8 Å². The van der Waals surface area contributed by atoms with Gasteiger partial charge in [0.1, 0.15) is 6.61 Å². The Bertz CT molecular complexity index is 946. The largest absolute Gasteiger partial charge is 0.483 e. The van der Waals surface area contributed by atoms with Crippen LogP contribution in [0.3, 0.4) is 0 Å². The van der Waals surface area contributed by atoms with E-state index in [0.29, 0.717) is 17.5 Å². The normalized spacial score (nSPS) is 10.8. The van der Waals surface area contributed by atoms with Gasteiger partial charge in [-0.1, -0.05) is 42.1 Å². The molecule has 0 aliphatic heterocycles. The van der Waals surface area contributed by atoms with Gasteiger partial charge < -0.3 is 4.74 Å². The van der Waals surface area contributed by atoms with Gasteiger partial charge in [-0.05, 0) is 18.2 Å². The van der Waals surface area contributed by atoms with Crippen molar-refractivity contribution in [1.29, 1.82) is 0 Å². The Labute approximate surface area is 158 Å². The summed E-state index contributed by atoms with van der Waals surface area (Å²) < 4.78 is 48.0. The molecule has 0 N–H and O–H groups in total. The molecule has 140 valence electrons. The average molecular weight is 391 g/mol. The summed E-state index contributed by atoms with van der Waals surface area (Å²) in [7, 11) is 0. The predicted octanol–water partition coefficient (Wildman–Crippen LogP) is 4.75. The Balaban J connectivity index is 1.73. The van der Waals surface area contributed by atoms with Crippen molar-refractivity contribution in [2.24, 2.45) is 0 Å². The van der Waals surface area contributed by atoms with Crippen molar-refractivity contribution in [2.45, 2.75) is 24.1 Å². The standard InChI is InChI=1S/C19H16F3N3OS/c1-2-10-25-17(11-26-16-9-4-3-7-14(16)20)23-24-19(25)27-12-13-6-5-8-15(21)18(13)22/h2-9H,1,10-12H2. The van der Waals surface area contributed by atoms with E-state index < -0.39 is 17.5 Å². The molecule has 0 saturated heterocycles. The maximum atomic E-state index is 13.8. The van der Waals surface area contributed by atoms with Crippen molar-refractivity contribution in [2.75, 3.05) is 0 Å². The van der Waals surface area contributed by atoms with E-state index >= 15 is 0 Å². The Morgan fingerprint density at radius 2 is 1.81 bits per heavy atom. The smallest absolute Gasteiger partial charge is 0.191 e. The molecule has 0 aliphatic carbocycles. The molecule has 0 atom stereocenters. The van der Waals surface area contributed by atoms with Gasteiger partial charge in [0.15, 0.2) is 34.2 Å². The van der Waals surface area contributed by atoms with E-state index in [0.717, 1.165) is 6.07 Å². The molecule has 8 heteroatoms. The first kappa shape index (κ1) is 19.0. The van der Waals surface area contributed by atoms with Crippen LogP contribution in [0.2, 0.25) is 0 Å². The van der Waals surface area contributed by atoms with Crippen LogP contribution in [0.1, 0.15) is 11.4 Å². The van der Waals surface area contributed by atoms with E-state index in [1.54, 1.807) is 22.8 Å². The van der Waals surface area contributed by atoms with E-state index in [1.165, 1.54) is 36.0 Å². The summed E-state index contributed by atoms with van der Waals surface area (Å²) in [5, 5.41) is 8.64. The van der Waals surface area contributed by atoms with Crippen LogP contribution in [-0.4, -0.2) is 14.8 Å². The molecule has 0 amide bonds. The number of halogens is 3. The predicted molar refractivity (Wildman–Crippen MR) is 96.9 cm³/mol. The quantitative estimate of drug-likeness (QED) is 0.410. The molecule has 0 aliphatic rings. The van der Waals surface area contributed by atoms with Gasteiger partial charge in [0.2, 0.25) is 0 Å². The number of nitrogens with zero attached hydrogens (tertiary/aromatic N) is 3. The Kier molecular flexibility index (Phi) is 6.18. The zero-order chi connectivity index (χ0) is 19.2. The molecule has 1 heterocycles. The minimum absolute atomic E-state index is 0.0106. The molecule has 2 aromatic carbocycles. The molecule has 1 aromatic heterocycles. The summed E-state index contributed by atoms with van der Waals surface area (Å²) in [5.41, 5.74) is 0.234. The first-order valence-corrected chi connectivity index (χ1v) is 9.04. The lowest BCUT2D eigenvalue weighted by Crippen LogP contribution is -2.08. The summed E-state index contributed by atoms with van der Waals surface area (Å²) in [5.74, 6) is -1.46. The van der Waals surface area contributed by atoms with Crippen molar-refractivity contribution in [1.82, 2.24) is 14.8 Å². The molecule has 27 heavy (non-hydrogen) atoms. The summed E-state index contributed by atoms with van der Waals surface area (Å²) in [4.78, 5) is 0. The monoisotopic (exact) mass is 391 g/mol. The van der Waals surface area contributed by atoms with Crippen LogP contribution in [0.4, 0.5) is 13.2 Å². The first-order chi connectivity index (χ1) is 13.1. The number of aromatic nitrogens is 3. The molecule has 0 spiro atoms. The van der Waals surface area contributed by atoms with Gasteiger partial charge in [0.25, 0.3) is 0 Å². The van der Waals surface area contributed by atoms with Gasteiger partial charge in [-0.15, -0.1) is 16.8 Å². The number of hydrogen-bond donors (Lipinski definition) is 0. The van der Waals surface area contributed by atoms with Crippen molar-refractivity contribution in [3.63, 3.8) is 0 Å². The zero-order valence-corrected chi connectivity index (χ0v) is 15.1. The molecule has 0 fully saturated rings. The fourth-order valence-corrected chi connectivity index (χ4v) is 3.29. The molecule has 0 saturated carbocycles. The number of para-hydroxylation sites is 1. The van der Waals surface area contributed by atoms with E-state index in [-0.39, 0.29) is 23.7 Å². The average Bonchev–Trinajstić information content (AvgIpc) is 3.04. The molecule has 4 nitrogen and oxygen atoms in total. The summed E-state index contributed by atoms with van der Waals surface area (Å²) in [6.07, 6.45) is 1.66.